The summed E-state index contributed by atoms with van der Waals surface area (Å²) in [5.41, 5.74) is 1.02. The number of rotatable bonds is 6. The Morgan fingerprint density at radius 2 is 1.95 bits per heavy atom. The van der Waals surface area contributed by atoms with Gasteiger partial charge in [-0.05, 0) is 18.6 Å². The second kappa shape index (κ2) is 6.22. The summed E-state index contributed by atoms with van der Waals surface area (Å²) in [6.45, 7) is 1.20. The number of nitrogens with one attached hydrogen (secondary N) is 2. The summed E-state index contributed by atoms with van der Waals surface area (Å²) in [5.74, 6) is -0.802. The fourth-order valence-corrected chi connectivity index (χ4v) is 1.98. The van der Waals surface area contributed by atoms with Gasteiger partial charge in [-0.25, -0.2) is 0 Å². The van der Waals surface area contributed by atoms with E-state index in [0.29, 0.717) is 19.5 Å². The van der Waals surface area contributed by atoms with Gasteiger partial charge in [0.25, 0.3) is 0 Å². The molecule has 1 aromatic rings. The Hall–Kier alpha value is -2.04. The highest BCUT2D eigenvalue weighted by Crippen LogP contribution is 2.39. The molecule has 0 bridgehead atoms. The smallest absolute Gasteiger partial charge is 0.309 e. The molecule has 5 nitrogen and oxygen atoms in total. The van der Waals surface area contributed by atoms with Gasteiger partial charge in [-0.1, -0.05) is 18.2 Å². The lowest BCUT2D eigenvalue weighted by molar-refractivity contribution is -0.143. The number of anilines is 1. The van der Waals surface area contributed by atoms with E-state index in [0.717, 1.165) is 5.69 Å². The quantitative estimate of drug-likeness (QED) is 0.593. The predicted octanol–water partition coefficient (Wildman–Crippen LogP) is 1.02. The minimum Gasteiger partial charge on any atom is -0.469 e. The van der Waals surface area contributed by atoms with E-state index in [1.54, 1.807) is 0 Å². The number of methoxy groups -OCH3 is 1. The van der Waals surface area contributed by atoms with Crippen molar-refractivity contribution in [3.05, 3.63) is 30.3 Å². The van der Waals surface area contributed by atoms with E-state index < -0.39 is 0 Å². The van der Waals surface area contributed by atoms with E-state index in [2.05, 4.69) is 15.4 Å². The molecule has 0 spiro atoms. The van der Waals surface area contributed by atoms with Crippen molar-refractivity contribution in [2.45, 2.75) is 6.42 Å². The molecule has 1 aromatic carbocycles. The molecular formula is C14H18N2O3. The van der Waals surface area contributed by atoms with Crippen LogP contribution in [0.15, 0.2) is 30.3 Å². The first kappa shape index (κ1) is 13.4. The molecule has 1 fully saturated rings. The van der Waals surface area contributed by atoms with Crippen molar-refractivity contribution >= 4 is 17.6 Å². The summed E-state index contributed by atoms with van der Waals surface area (Å²) in [6.07, 6.45) is 0.602. The maximum absolute atomic E-state index is 11.7. The monoisotopic (exact) mass is 262 g/mol. The molecule has 102 valence electrons. The lowest BCUT2D eigenvalue weighted by Crippen LogP contribution is -2.31. The normalized spacial score (nSPS) is 20.5. The molecule has 0 aliphatic heterocycles. The van der Waals surface area contributed by atoms with Gasteiger partial charge in [0.15, 0.2) is 0 Å². The molecule has 0 saturated heterocycles. The number of benzene rings is 1. The van der Waals surface area contributed by atoms with Gasteiger partial charge in [-0.2, -0.15) is 0 Å². The van der Waals surface area contributed by atoms with Crippen molar-refractivity contribution in [2.24, 2.45) is 11.8 Å². The van der Waals surface area contributed by atoms with Crippen molar-refractivity contribution in [3.8, 4) is 0 Å². The van der Waals surface area contributed by atoms with E-state index in [9.17, 15) is 9.59 Å². The summed E-state index contributed by atoms with van der Waals surface area (Å²) in [4.78, 5) is 22.9. The summed E-state index contributed by atoms with van der Waals surface area (Å²) >= 11 is 0. The number of ether oxygens (including phenoxy) is 1. The van der Waals surface area contributed by atoms with Gasteiger partial charge >= 0.3 is 5.97 Å². The Balaban J connectivity index is 1.62. The first-order chi connectivity index (χ1) is 9.22. The average Bonchev–Trinajstić information content (AvgIpc) is 3.24. The van der Waals surface area contributed by atoms with Gasteiger partial charge in [0.05, 0.1) is 18.9 Å². The maximum atomic E-state index is 11.7. The van der Waals surface area contributed by atoms with E-state index in [1.807, 2.05) is 30.3 Å². The van der Waals surface area contributed by atoms with Gasteiger partial charge in [0, 0.05) is 18.8 Å². The van der Waals surface area contributed by atoms with Gasteiger partial charge in [0.2, 0.25) is 5.91 Å². The highest BCUT2D eigenvalue weighted by atomic mass is 16.5. The van der Waals surface area contributed by atoms with Crippen LogP contribution >= 0.6 is 0 Å². The predicted molar refractivity (Wildman–Crippen MR) is 71.6 cm³/mol. The molecular weight excluding hydrogens is 244 g/mol. The molecule has 1 amide bonds. The highest BCUT2D eigenvalue weighted by molar-refractivity contribution is 5.90. The van der Waals surface area contributed by atoms with Crippen LogP contribution in [0.2, 0.25) is 0 Å². The molecule has 2 rings (SSSR count). The Kier molecular flexibility index (Phi) is 4.39. The van der Waals surface area contributed by atoms with Crippen LogP contribution in [0.4, 0.5) is 5.69 Å². The molecule has 0 aromatic heterocycles. The third-order valence-corrected chi connectivity index (χ3v) is 3.16. The molecule has 19 heavy (non-hydrogen) atoms. The second-order valence-corrected chi connectivity index (χ2v) is 4.56. The van der Waals surface area contributed by atoms with E-state index in [-0.39, 0.29) is 23.7 Å². The van der Waals surface area contributed by atoms with E-state index >= 15 is 0 Å². The molecule has 1 aliphatic carbocycles. The zero-order chi connectivity index (χ0) is 13.7. The van der Waals surface area contributed by atoms with Crippen LogP contribution in [-0.2, 0) is 14.3 Å². The molecule has 2 N–H and O–H groups in total. The summed E-state index contributed by atoms with van der Waals surface area (Å²) in [5, 5.41) is 6.01. The molecule has 0 radical (unpaired) electrons. The van der Waals surface area contributed by atoms with Crippen LogP contribution in [0, 0.1) is 11.8 Å². The molecule has 5 heteroatoms. The Morgan fingerprint density at radius 3 is 2.63 bits per heavy atom. The SMILES string of the molecule is COC(=O)[C@H]1C[C@@H]1C(=O)NCCNc1ccccc1. The number of esters is 1. The topological polar surface area (TPSA) is 67.4 Å². The zero-order valence-corrected chi connectivity index (χ0v) is 10.9. The number of hydrogen-bond donors (Lipinski definition) is 2. The standard InChI is InChI=1S/C14H18N2O3/c1-19-14(18)12-9-11(12)13(17)16-8-7-15-10-5-3-2-4-6-10/h2-6,11-12,15H,7-9H2,1H3,(H,16,17)/t11-,12-/m0/s1. The minimum atomic E-state index is -0.289. The Bertz CT molecular complexity index is 447. The first-order valence-electron chi connectivity index (χ1n) is 6.37. The molecule has 1 saturated carbocycles. The number of hydrogen-bond acceptors (Lipinski definition) is 4. The van der Waals surface area contributed by atoms with Crippen LogP contribution in [0.25, 0.3) is 0 Å². The zero-order valence-electron chi connectivity index (χ0n) is 10.9. The van der Waals surface area contributed by atoms with Crippen molar-refractivity contribution < 1.29 is 14.3 Å². The van der Waals surface area contributed by atoms with Gasteiger partial charge in [0.1, 0.15) is 0 Å². The van der Waals surface area contributed by atoms with Gasteiger partial charge in [-0.15, -0.1) is 0 Å². The minimum absolute atomic E-state index is 0.0646. The Labute approximate surface area is 112 Å². The lowest BCUT2D eigenvalue weighted by atomic mass is 10.3. The molecule has 1 aliphatic rings. The third kappa shape index (κ3) is 3.71. The van der Waals surface area contributed by atoms with Crippen LogP contribution in [0.1, 0.15) is 6.42 Å². The number of amides is 1. The van der Waals surface area contributed by atoms with Crippen LogP contribution in [0.3, 0.4) is 0 Å². The highest BCUT2D eigenvalue weighted by Gasteiger charge is 2.48. The third-order valence-electron chi connectivity index (χ3n) is 3.16. The summed E-state index contributed by atoms with van der Waals surface area (Å²) in [6, 6.07) is 9.79. The maximum Gasteiger partial charge on any atom is 0.309 e. The lowest BCUT2D eigenvalue weighted by Gasteiger charge is -2.07. The number of carbonyl (C=O) groups excluding carboxylic acids is 2. The first-order valence-corrected chi connectivity index (χ1v) is 6.37. The van der Waals surface area contributed by atoms with Gasteiger partial charge < -0.3 is 15.4 Å². The van der Waals surface area contributed by atoms with Crippen LogP contribution in [-0.4, -0.2) is 32.1 Å². The number of carbonyl (C=O) groups is 2. The van der Waals surface area contributed by atoms with Crippen molar-refractivity contribution in [1.82, 2.24) is 5.32 Å². The fourth-order valence-electron chi connectivity index (χ4n) is 1.98. The average molecular weight is 262 g/mol. The van der Waals surface area contributed by atoms with Crippen LogP contribution in [0.5, 0.6) is 0 Å². The number of para-hydroxylation sites is 1. The van der Waals surface area contributed by atoms with Crippen LogP contribution < -0.4 is 10.6 Å². The van der Waals surface area contributed by atoms with Gasteiger partial charge in [-0.3, -0.25) is 9.59 Å². The van der Waals surface area contributed by atoms with E-state index in [4.69, 9.17) is 0 Å². The second-order valence-electron chi connectivity index (χ2n) is 4.56. The summed E-state index contributed by atoms with van der Waals surface area (Å²) in [7, 11) is 1.35. The molecule has 0 heterocycles. The van der Waals surface area contributed by atoms with Crippen molar-refractivity contribution in [2.75, 3.05) is 25.5 Å². The fraction of sp³-hybridized carbons (Fsp3) is 0.429. The van der Waals surface area contributed by atoms with E-state index in [1.165, 1.54) is 7.11 Å². The molecule has 0 unspecified atom stereocenters. The van der Waals surface area contributed by atoms with Crippen molar-refractivity contribution in [3.63, 3.8) is 0 Å². The largest absolute Gasteiger partial charge is 0.469 e. The Morgan fingerprint density at radius 1 is 1.21 bits per heavy atom. The molecule has 2 atom stereocenters. The van der Waals surface area contributed by atoms with Crippen molar-refractivity contribution in [1.29, 1.82) is 0 Å². The summed E-state index contributed by atoms with van der Waals surface area (Å²) < 4.78 is 4.61.